The van der Waals surface area contributed by atoms with E-state index < -0.39 is 17.6 Å². The van der Waals surface area contributed by atoms with E-state index in [1.807, 2.05) is 24.3 Å². The van der Waals surface area contributed by atoms with E-state index in [-0.39, 0.29) is 22.2 Å². The number of halogens is 4. The molecule has 0 unspecified atom stereocenters. The predicted molar refractivity (Wildman–Crippen MR) is 91.1 cm³/mol. The summed E-state index contributed by atoms with van der Waals surface area (Å²) in [6.45, 7) is 0. The SMILES string of the molecule is O=C1OC(c2cc(F)c(F)cc2Cl)=N/C1=C\c1ccc(I)cc1. The fourth-order valence-corrected chi connectivity index (χ4v) is 2.52. The Labute approximate surface area is 148 Å². The minimum Gasteiger partial charge on any atom is -0.402 e. The summed E-state index contributed by atoms with van der Waals surface area (Å²) >= 11 is 8.02. The van der Waals surface area contributed by atoms with Gasteiger partial charge in [-0.3, -0.25) is 0 Å². The lowest BCUT2D eigenvalue weighted by atomic mass is 10.2. The molecule has 0 aliphatic carbocycles. The number of carbonyl (C=O) groups is 1. The fourth-order valence-electron chi connectivity index (χ4n) is 1.93. The number of hydrogen-bond acceptors (Lipinski definition) is 3. The smallest absolute Gasteiger partial charge is 0.363 e. The van der Waals surface area contributed by atoms with Gasteiger partial charge in [-0.15, -0.1) is 0 Å². The van der Waals surface area contributed by atoms with Crippen molar-refractivity contribution in [1.29, 1.82) is 0 Å². The number of nitrogens with zero attached hydrogens (tertiary/aromatic N) is 1. The van der Waals surface area contributed by atoms with E-state index in [9.17, 15) is 13.6 Å². The molecule has 1 heterocycles. The largest absolute Gasteiger partial charge is 0.402 e. The van der Waals surface area contributed by atoms with Crippen molar-refractivity contribution in [2.75, 3.05) is 0 Å². The van der Waals surface area contributed by atoms with Crippen LogP contribution in [0.25, 0.3) is 6.08 Å². The van der Waals surface area contributed by atoms with Gasteiger partial charge in [0.05, 0.1) is 10.6 Å². The van der Waals surface area contributed by atoms with Gasteiger partial charge in [0, 0.05) is 3.57 Å². The van der Waals surface area contributed by atoms with Gasteiger partial charge in [-0.1, -0.05) is 23.7 Å². The summed E-state index contributed by atoms with van der Waals surface area (Å²) < 4.78 is 32.5. The van der Waals surface area contributed by atoms with Gasteiger partial charge in [0.15, 0.2) is 17.3 Å². The maximum Gasteiger partial charge on any atom is 0.363 e. The quantitative estimate of drug-likeness (QED) is 0.294. The van der Waals surface area contributed by atoms with Crippen molar-refractivity contribution in [1.82, 2.24) is 0 Å². The van der Waals surface area contributed by atoms with Crippen LogP contribution < -0.4 is 0 Å². The lowest BCUT2D eigenvalue weighted by Gasteiger charge is -2.03. The van der Waals surface area contributed by atoms with Crippen LogP contribution in [0.3, 0.4) is 0 Å². The Hall–Kier alpha value is -1.80. The molecule has 0 N–H and O–H groups in total. The molecule has 2 aromatic rings. The molecular formula is C16H7ClF2INO2. The van der Waals surface area contributed by atoms with Gasteiger partial charge in [-0.2, -0.15) is 0 Å². The second-order valence-corrected chi connectivity index (χ2v) is 6.29. The van der Waals surface area contributed by atoms with Gasteiger partial charge >= 0.3 is 5.97 Å². The van der Waals surface area contributed by atoms with Crippen molar-refractivity contribution < 1.29 is 18.3 Å². The number of carbonyl (C=O) groups excluding carboxylic acids is 1. The van der Waals surface area contributed by atoms with Crippen molar-refractivity contribution in [3.63, 3.8) is 0 Å². The Morgan fingerprint density at radius 3 is 2.48 bits per heavy atom. The molecule has 0 radical (unpaired) electrons. The number of cyclic esters (lactones) is 1. The fraction of sp³-hybridized carbons (Fsp3) is 0. The van der Waals surface area contributed by atoms with E-state index in [4.69, 9.17) is 16.3 Å². The van der Waals surface area contributed by atoms with E-state index in [1.54, 1.807) is 6.08 Å². The highest BCUT2D eigenvalue weighted by Crippen LogP contribution is 2.26. The number of rotatable bonds is 2. The zero-order chi connectivity index (χ0) is 16.6. The van der Waals surface area contributed by atoms with Crippen LogP contribution in [0.1, 0.15) is 11.1 Å². The molecule has 0 spiro atoms. The molecule has 2 aromatic carbocycles. The lowest BCUT2D eigenvalue weighted by Crippen LogP contribution is -2.07. The third kappa shape index (κ3) is 3.42. The van der Waals surface area contributed by atoms with Crippen LogP contribution in [0.2, 0.25) is 5.02 Å². The summed E-state index contributed by atoms with van der Waals surface area (Å²) in [5.74, 6) is -3.02. The Morgan fingerprint density at radius 2 is 1.78 bits per heavy atom. The molecule has 0 atom stereocenters. The van der Waals surface area contributed by atoms with Crippen molar-refractivity contribution in [3.05, 3.63) is 73.4 Å². The molecule has 1 aliphatic rings. The standard InChI is InChI=1S/C16H7ClF2INO2/c17-11-7-13(19)12(18)6-10(11)15-21-14(16(22)23-15)5-8-1-3-9(20)4-2-8/h1-7H/b14-5-. The molecule has 7 heteroatoms. The van der Waals surface area contributed by atoms with Crippen LogP contribution in [-0.4, -0.2) is 11.9 Å². The number of benzene rings is 2. The molecular weight excluding hydrogens is 439 g/mol. The maximum atomic E-state index is 13.3. The van der Waals surface area contributed by atoms with Crippen molar-refractivity contribution in [3.8, 4) is 0 Å². The lowest BCUT2D eigenvalue weighted by molar-refractivity contribution is -0.129. The molecule has 1 aliphatic heterocycles. The highest BCUT2D eigenvalue weighted by molar-refractivity contribution is 14.1. The van der Waals surface area contributed by atoms with Crippen molar-refractivity contribution in [2.24, 2.45) is 4.99 Å². The van der Waals surface area contributed by atoms with Crippen LogP contribution in [0.5, 0.6) is 0 Å². The second-order valence-electron chi connectivity index (χ2n) is 4.63. The van der Waals surface area contributed by atoms with Gasteiger partial charge < -0.3 is 4.74 Å². The van der Waals surface area contributed by atoms with E-state index in [0.717, 1.165) is 21.3 Å². The number of hydrogen-bond donors (Lipinski definition) is 0. The van der Waals surface area contributed by atoms with Crippen LogP contribution in [0.15, 0.2) is 47.1 Å². The van der Waals surface area contributed by atoms with Crippen molar-refractivity contribution in [2.45, 2.75) is 0 Å². The van der Waals surface area contributed by atoms with Crippen LogP contribution >= 0.6 is 34.2 Å². The molecule has 0 amide bonds. The Bertz CT molecular complexity index is 863. The summed E-state index contributed by atoms with van der Waals surface area (Å²) in [4.78, 5) is 15.9. The Balaban J connectivity index is 1.98. The monoisotopic (exact) mass is 445 g/mol. The van der Waals surface area contributed by atoms with Gasteiger partial charge in [0.25, 0.3) is 0 Å². The molecule has 3 rings (SSSR count). The molecule has 0 fully saturated rings. The summed E-state index contributed by atoms with van der Waals surface area (Å²) in [7, 11) is 0. The number of esters is 1. The number of ether oxygens (including phenoxy) is 1. The van der Waals surface area contributed by atoms with E-state index in [2.05, 4.69) is 27.6 Å². The summed E-state index contributed by atoms with van der Waals surface area (Å²) in [6, 6.07) is 9.05. The molecule has 0 bridgehead atoms. The highest BCUT2D eigenvalue weighted by atomic mass is 127. The molecule has 23 heavy (non-hydrogen) atoms. The summed E-state index contributed by atoms with van der Waals surface area (Å²) in [5.41, 5.74) is 0.839. The molecule has 0 aromatic heterocycles. The average Bonchev–Trinajstić information content (AvgIpc) is 2.86. The zero-order valence-electron chi connectivity index (χ0n) is 11.3. The molecule has 0 saturated carbocycles. The van der Waals surface area contributed by atoms with Gasteiger partial charge in [0.2, 0.25) is 5.90 Å². The van der Waals surface area contributed by atoms with Crippen LogP contribution in [-0.2, 0) is 9.53 Å². The maximum absolute atomic E-state index is 13.3. The first-order valence-electron chi connectivity index (χ1n) is 6.37. The Kier molecular flexibility index (Phi) is 4.45. The molecule has 0 saturated heterocycles. The van der Waals surface area contributed by atoms with E-state index in [0.29, 0.717) is 0 Å². The average molecular weight is 446 g/mol. The summed E-state index contributed by atoms with van der Waals surface area (Å²) in [6.07, 6.45) is 1.54. The van der Waals surface area contributed by atoms with Crippen LogP contribution in [0, 0.1) is 15.2 Å². The normalized spacial score (nSPS) is 15.7. The first kappa shape index (κ1) is 16.1. The number of aliphatic imine (C=N–C) groups is 1. The first-order valence-corrected chi connectivity index (χ1v) is 7.83. The minimum atomic E-state index is -1.10. The Morgan fingerprint density at radius 1 is 1.13 bits per heavy atom. The topological polar surface area (TPSA) is 38.7 Å². The van der Waals surface area contributed by atoms with Gasteiger partial charge in [-0.25, -0.2) is 18.6 Å². The van der Waals surface area contributed by atoms with E-state index >= 15 is 0 Å². The third-order valence-corrected chi connectivity index (χ3v) is 4.07. The second kappa shape index (κ2) is 6.37. The molecule has 116 valence electrons. The van der Waals surface area contributed by atoms with E-state index in [1.165, 1.54) is 0 Å². The first-order chi connectivity index (χ1) is 10.9. The summed E-state index contributed by atoms with van der Waals surface area (Å²) in [5, 5.41) is -0.0917. The van der Waals surface area contributed by atoms with Gasteiger partial charge in [0.1, 0.15) is 0 Å². The highest BCUT2D eigenvalue weighted by Gasteiger charge is 2.26. The predicted octanol–water partition coefficient (Wildman–Crippen LogP) is 4.57. The van der Waals surface area contributed by atoms with Crippen molar-refractivity contribution >= 4 is 52.1 Å². The molecule has 3 nitrogen and oxygen atoms in total. The minimum absolute atomic E-state index is 0.0185. The van der Waals surface area contributed by atoms with Gasteiger partial charge in [-0.05, 0) is 58.5 Å². The zero-order valence-corrected chi connectivity index (χ0v) is 14.2. The third-order valence-electron chi connectivity index (χ3n) is 3.03. The van der Waals surface area contributed by atoms with Crippen LogP contribution in [0.4, 0.5) is 8.78 Å².